The molecular formula is C29H28N6O. The minimum Gasteiger partial charge on any atom is -0.455 e. The van der Waals surface area contributed by atoms with Crippen molar-refractivity contribution in [2.75, 3.05) is 31.2 Å². The molecule has 2 aromatic carbocycles. The van der Waals surface area contributed by atoms with Crippen LogP contribution in [-0.4, -0.2) is 40.0 Å². The fourth-order valence-electron chi connectivity index (χ4n) is 5.06. The third-order valence-electron chi connectivity index (χ3n) is 7.11. The van der Waals surface area contributed by atoms with Crippen LogP contribution >= 0.6 is 0 Å². The number of hydrogen-bond acceptors (Lipinski definition) is 7. The Kier molecular flexibility index (Phi) is 5.46. The summed E-state index contributed by atoms with van der Waals surface area (Å²) in [6, 6.07) is 13.7. The topological polar surface area (TPSA) is 89.2 Å². The highest BCUT2D eigenvalue weighted by molar-refractivity contribution is 5.94. The second kappa shape index (κ2) is 8.81. The van der Waals surface area contributed by atoms with Crippen molar-refractivity contribution in [3.05, 3.63) is 71.8 Å². The van der Waals surface area contributed by atoms with Crippen LogP contribution in [0.3, 0.4) is 0 Å². The van der Waals surface area contributed by atoms with Crippen LogP contribution in [0.25, 0.3) is 10.9 Å². The van der Waals surface area contributed by atoms with E-state index in [9.17, 15) is 0 Å². The zero-order valence-corrected chi connectivity index (χ0v) is 20.6. The van der Waals surface area contributed by atoms with Crippen LogP contribution in [0.5, 0.6) is 11.5 Å². The molecule has 0 bridgehead atoms. The van der Waals surface area contributed by atoms with Gasteiger partial charge in [0.15, 0.2) is 0 Å². The predicted molar refractivity (Wildman–Crippen MR) is 142 cm³/mol. The lowest BCUT2D eigenvalue weighted by atomic mass is 10.1. The average molecular weight is 477 g/mol. The zero-order valence-electron chi connectivity index (χ0n) is 20.6. The molecule has 3 heterocycles. The van der Waals surface area contributed by atoms with E-state index in [1.54, 1.807) is 12.5 Å². The van der Waals surface area contributed by atoms with E-state index < -0.39 is 0 Å². The number of nitrogens with one attached hydrogen (secondary N) is 1. The van der Waals surface area contributed by atoms with Crippen LogP contribution in [0.1, 0.15) is 16.8 Å². The van der Waals surface area contributed by atoms with Crippen molar-refractivity contribution >= 4 is 28.1 Å². The third-order valence-corrected chi connectivity index (χ3v) is 7.11. The van der Waals surface area contributed by atoms with Crippen LogP contribution < -0.4 is 15.8 Å². The van der Waals surface area contributed by atoms with Crippen LogP contribution in [-0.2, 0) is 0 Å². The molecular weight excluding hydrogens is 448 g/mol. The van der Waals surface area contributed by atoms with E-state index in [1.165, 1.54) is 0 Å². The molecule has 0 unspecified atom stereocenters. The molecule has 36 heavy (non-hydrogen) atoms. The monoisotopic (exact) mass is 476 g/mol. The van der Waals surface area contributed by atoms with Crippen LogP contribution in [0, 0.1) is 43.4 Å². The lowest BCUT2D eigenvalue weighted by Gasteiger charge is -2.13. The summed E-state index contributed by atoms with van der Waals surface area (Å²) in [5.74, 6) is 10.9. The number of nitrogen functional groups attached to an aromatic ring is 1. The summed E-state index contributed by atoms with van der Waals surface area (Å²) in [6.45, 7) is 6.26. The normalized spacial score (nSPS) is 20.5. The molecule has 0 amide bonds. The first-order chi connectivity index (χ1) is 17.4. The Balaban J connectivity index is 1.21. The molecule has 3 atom stereocenters. The molecule has 1 saturated carbocycles. The Bertz CT molecular complexity index is 1510. The minimum atomic E-state index is 0.497. The van der Waals surface area contributed by atoms with Gasteiger partial charge in [-0.05, 0) is 80.8 Å². The van der Waals surface area contributed by atoms with Gasteiger partial charge in [0, 0.05) is 47.0 Å². The van der Waals surface area contributed by atoms with Crippen LogP contribution in [0.15, 0.2) is 55.0 Å². The van der Waals surface area contributed by atoms with E-state index in [0.717, 1.165) is 64.1 Å². The smallest absolute Gasteiger partial charge is 0.145 e. The number of anilines is 3. The summed E-state index contributed by atoms with van der Waals surface area (Å²) in [5.41, 5.74) is 11.5. The van der Waals surface area contributed by atoms with Crippen molar-refractivity contribution in [1.29, 1.82) is 0 Å². The van der Waals surface area contributed by atoms with Gasteiger partial charge in [-0.15, -0.1) is 0 Å². The highest BCUT2D eigenvalue weighted by Gasteiger charge is 2.53. The van der Waals surface area contributed by atoms with Crippen molar-refractivity contribution in [3.63, 3.8) is 0 Å². The molecule has 7 nitrogen and oxygen atoms in total. The Hall–Kier alpha value is -4.15. The van der Waals surface area contributed by atoms with Crippen molar-refractivity contribution in [2.24, 2.45) is 17.8 Å². The summed E-state index contributed by atoms with van der Waals surface area (Å²) in [6.07, 6.45) is 3.29. The molecule has 2 fully saturated rings. The number of aromatic nitrogens is 3. The zero-order chi connectivity index (χ0) is 24.8. The van der Waals surface area contributed by atoms with Gasteiger partial charge in [0.2, 0.25) is 0 Å². The van der Waals surface area contributed by atoms with E-state index in [-0.39, 0.29) is 0 Å². The van der Waals surface area contributed by atoms with Crippen molar-refractivity contribution < 1.29 is 4.74 Å². The van der Waals surface area contributed by atoms with Crippen molar-refractivity contribution in [3.8, 4) is 23.3 Å². The number of nitrogens with two attached hydrogens (primary N) is 1. The SMILES string of the molecule is Cc1ccc(Oc2ccc(Nc3ncnc4cc(C#C[C@H]5[C@H]6CN(C)C[C@@H]56)c(N)cc34)cc2C)cn1. The van der Waals surface area contributed by atoms with E-state index in [0.29, 0.717) is 23.2 Å². The molecule has 7 heteroatoms. The highest BCUT2D eigenvalue weighted by Crippen LogP contribution is 2.50. The molecule has 180 valence electrons. The minimum absolute atomic E-state index is 0.497. The number of piperidine rings is 1. The largest absolute Gasteiger partial charge is 0.455 e. The highest BCUT2D eigenvalue weighted by atomic mass is 16.5. The second-order valence-electron chi connectivity index (χ2n) is 9.87. The molecule has 3 N–H and O–H groups in total. The molecule has 1 aliphatic heterocycles. The number of fused-ring (bicyclic) bond motifs is 2. The van der Waals surface area contributed by atoms with Crippen LogP contribution in [0.4, 0.5) is 17.2 Å². The average Bonchev–Trinajstić information content (AvgIpc) is 3.32. The number of likely N-dealkylation sites (tertiary alicyclic amines) is 1. The Morgan fingerprint density at radius 2 is 1.86 bits per heavy atom. The number of pyridine rings is 1. The number of rotatable bonds is 4. The Morgan fingerprint density at radius 1 is 1.03 bits per heavy atom. The standard InChI is InChI=1S/C29H28N6O/c1-17-10-20(6-9-28(17)36-21-7-4-18(2)31-13-21)34-29-23-12-26(30)19(11-27(23)32-16-33-29)5-8-22-24-14-35(3)15-25(22)24/h4,6-7,9-13,16,22,24-25H,14-15,30H2,1-3H3,(H,32,33,34)/t22-,24+,25-. The number of aryl methyl sites for hydroxylation is 2. The third kappa shape index (κ3) is 4.32. The molecule has 4 aromatic rings. The van der Waals surface area contributed by atoms with Gasteiger partial charge in [-0.2, -0.15) is 0 Å². The molecule has 0 spiro atoms. The summed E-state index contributed by atoms with van der Waals surface area (Å²) in [5, 5.41) is 4.26. The lowest BCUT2D eigenvalue weighted by Crippen LogP contribution is -2.18. The molecule has 2 aliphatic rings. The maximum Gasteiger partial charge on any atom is 0.145 e. The molecule has 0 radical (unpaired) electrons. The van der Waals surface area contributed by atoms with Gasteiger partial charge in [0.05, 0.1) is 11.7 Å². The van der Waals surface area contributed by atoms with E-state index in [4.69, 9.17) is 10.5 Å². The maximum atomic E-state index is 6.40. The van der Waals surface area contributed by atoms with Gasteiger partial charge in [0.1, 0.15) is 23.6 Å². The lowest BCUT2D eigenvalue weighted by molar-refractivity contribution is 0.360. The number of nitrogens with zero attached hydrogens (tertiary/aromatic N) is 4. The fourth-order valence-corrected chi connectivity index (χ4v) is 5.06. The van der Waals surface area contributed by atoms with E-state index >= 15 is 0 Å². The Labute approximate surface area is 210 Å². The molecule has 6 rings (SSSR count). The first kappa shape index (κ1) is 22.3. The van der Waals surface area contributed by atoms with Gasteiger partial charge >= 0.3 is 0 Å². The second-order valence-corrected chi connectivity index (χ2v) is 9.87. The van der Waals surface area contributed by atoms with Gasteiger partial charge in [-0.1, -0.05) is 11.8 Å². The summed E-state index contributed by atoms with van der Waals surface area (Å²) in [4.78, 5) is 15.6. The molecule has 2 aromatic heterocycles. The quantitative estimate of drug-likeness (QED) is 0.319. The summed E-state index contributed by atoms with van der Waals surface area (Å²) >= 11 is 0. The van der Waals surface area contributed by atoms with Gasteiger partial charge < -0.3 is 20.7 Å². The first-order valence-corrected chi connectivity index (χ1v) is 12.2. The summed E-state index contributed by atoms with van der Waals surface area (Å²) in [7, 11) is 2.18. The van der Waals surface area contributed by atoms with E-state index in [2.05, 4.69) is 44.1 Å². The maximum absolute atomic E-state index is 6.40. The predicted octanol–water partition coefficient (Wildman–Crippen LogP) is 4.92. The van der Waals surface area contributed by atoms with Gasteiger partial charge in [0.25, 0.3) is 0 Å². The number of hydrogen-bond donors (Lipinski definition) is 2. The first-order valence-electron chi connectivity index (χ1n) is 12.2. The van der Waals surface area contributed by atoms with E-state index in [1.807, 2.05) is 56.3 Å². The Morgan fingerprint density at radius 3 is 2.61 bits per heavy atom. The molecule has 1 aliphatic carbocycles. The molecule has 1 saturated heterocycles. The van der Waals surface area contributed by atoms with Crippen molar-refractivity contribution in [2.45, 2.75) is 13.8 Å². The number of benzene rings is 2. The van der Waals surface area contributed by atoms with Gasteiger partial charge in [-0.25, -0.2) is 9.97 Å². The number of ether oxygens (including phenoxy) is 1. The van der Waals surface area contributed by atoms with Gasteiger partial charge in [-0.3, -0.25) is 4.98 Å². The summed E-state index contributed by atoms with van der Waals surface area (Å²) < 4.78 is 5.99. The van der Waals surface area contributed by atoms with Crippen LogP contribution in [0.2, 0.25) is 0 Å². The van der Waals surface area contributed by atoms with Crippen molar-refractivity contribution in [1.82, 2.24) is 19.9 Å². The fraction of sp³-hybridized carbons (Fsp3) is 0.276.